The molecule has 1 aromatic carbocycles. The van der Waals surface area contributed by atoms with Gasteiger partial charge in [-0.25, -0.2) is 8.42 Å². The van der Waals surface area contributed by atoms with Crippen molar-refractivity contribution in [3.63, 3.8) is 0 Å². The van der Waals surface area contributed by atoms with Crippen molar-refractivity contribution in [3.05, 3.63) is 29.3 Å². The summed E-state index contributed by atoms with van der Waals surface area (Å²) < 4.78 is 26.6. The van der Waals surface area contributed by atoms with Crippen LogP contribution in [0.3, 0.4) is 0 Å². The molecule has 0 radical (unpaired) electrons. The topological polar surface area (TPSA) is 96.0 Å². The predicted molar refractivity (Wildman–Crippen MR) is 76.4 cm³/mol. The number of hydrogen-bond acceptors (Lipinski definition) is 4. The summed E-state index contributed by atoms with van der Waals surface area (Å²) in [6.45, 7) is 0.328. The molecule has 1 fully saturated rings. The molecule has 0 aliphatic carbocycles. The minimum Gasteiger partial charge on any atom is -0.409 e. The van der Waals surface area contributed by atoms with Crippen molar-refractivity contribution in [2.75, 3.05) is 6.54 Å². The predicted octanol–water partition coefficient (Wildman–Crippen LogP) is 1.63. The fourth-order valence-corrected chi connectivity index (χ4v) is 4.50. The zero-order chi connectivity index (χ0) is 14.8. The van der Waals surface area contributed by atoms with Crippen molar-refractivity contribution < 1.29 is 13.6 Å². The van der Waals surface area contributed by atoms with Crippen LogP contribution in [0.1, 0.15) is 19.3 Å². The summed E-state index contributed by atoms with van der Waals surface area (Å²) in [6, 6.07) is 5.63. The molecule has 0 spiro atoms. The van der Waals surface area contributed by atoms with Gasteiger partial charge in [-0.1, -0.05) is 35.3 Å². The molecule has 1 aliphatic heterocycles. The summed E-state index contributed by atoms with van der Waals surface area (Å²) in [5, 5.41) is 11.9. The molecule has 2 rings (SSSR count). The highest BCUT2D eigenvalue weighted by Crippen LogP contribution is 2.29. The minimum absolute atomic E-state index is 0.0410. The average molecular weight is 318 g/mol. The third kappa shape index (κ3) is 2.74. The Labute approximate surface area is 122 Å². The first-order valence-electron chi connectivity index (χ1n) is 6.22. The Morgan fingerprint density at radius 3 is 2.75 bits per heavy atom. The fraction of sp³-hybridized carbons (Fsp3) is 0.417. The number of halogens is 1. The number of piperidine rings is 1. The highest BCUT2D eigenvalue weighted by atomic mass is 35.5. The van der Waals surface area contributed by atoms with Gasteiger partial charge in [0.05, 0.1) is 11.1 Å². The van der Waals surface area contributed by atoms with Crippen LogP contribution >= 0.6 is 11.6 Å². The Kier molecular flexibility index (Phi) is 4.52. The van der Waals surface area contributed by atoms with E-state index in [1.54, 1.807) is 12.1 Å². The molecule has 1 unspecified atom stereocenters. The SMILES string of the molecule is NC(=NO)C1CCCCN1S(=O)(=O)c1ccccc1Cl. The van der Waals surface area contributed by atoms with Crippen LogP contribution in [0.15, 0.2) is 34.3 Å². The first kappa shape index (κ1) is 15.1. The molecule has 6 nitrogen and oxygen atoms in total. The van der Waals surface area contributed by atoms with E-state index in [9.17, 15) is 8.42 Å². The fourth-order valence-electron chi connectivity index (χ4n) is 2.34. The van der Waals surface area contributed by atoms with Crippen LogP contribution in [-0.2, 0) is 10.0 Å². The van der Waals surface area contributed by atoms with Crippen LogP contribution < -0.4 is 5.73 Å². The van der Waals surface area contributed by atoms with Gasteiger partial charge in [-0.3, -0.25) is 0 Å². The van der Waals surface area contributed by atoms with Crippen molar-refractivity contribution in [3.8, 4) is 0 Å². The average Bonchev–Trinajstić information content (AvgIpc) is 2.46. The maximum atomic E-state index is 12.7. The van der Waals surface area contributed by atoms with Crippen LogP contribution in [0.5, 0.6) is 0 Å². The van der Waals surface area contributed by atoms with Crippen molar-refractivity contribution >= 4 is 27.5 Å². The lowest BCUT2D eigenvalue weighted by molar-refractivity contribution is 0.281. The van der Waals surface area contributed by atoms with Crippen molar-refractivity contribution in [1.29, 1.82) is 0 Å². The van der Waals surface area contributed by atoms with E-state index in [2.05, 4.69) is 5.16 Å². The molecule has 0 saturated carbocycles. The molecule has 0 amide bonds. The van der Waals surface area contributed by atoms with Gasteiger partial charge in [0.2, 0.25) is 10.0 Å². The zero-order valence-electron chi connectivity index (χ0n) is 10.7. The monoisotopic (exact) mass is 317 g/mol. The number of sulfonamides is 1. The van der Waals surface area contributed by atoms with Gasteiger partial charge in [-0.05, 0) is 25.0 Å². The standard InChI is InChI=1S/C12H16ClN3O3S/c13-9-5-1-2-7-11(9)20(18,19)16-8-4-3-6-10(16)12(14)15-17/h1-2,5,7,10,17H,3-4,6,8H2,(H2,14,15). The summed E-state index contributed by atoms with van der Waals surface area (Å²) in [4.78, 5) is 0.0410. The van der Waals surface area contributed by atoms with E-state index in [-0.39, 0.29) is 15.8 Å². The quantitative estimate of drug-likeness (QED) is 0.383. The Bertz CT molecular complexity index is 618. The summed E-state index contributed by atoms with van der Waals surface area (Å²) in [6.07, 6.45) is 2.09. The third-order valence-electron chi connectivity index (χ3n) is 3.33. The molecule has 1 aliphatic rings. The Morgan fingerprint density at radius 1 is 1.40 bits per heavy atom. The Hall–Kier alpha value is -1.31. The van der Waals surface area contributed by atoms with Crippen LogP contribution in [-0.4, -0.2) is 36.4 Å². The molecule has 1 aromatic rings. The van der Waals surface area contributed by atoms with Gasteiger partial charge in [0.15, 0.2) is 5.84 Å². The van der Waals surface area contributed by atoms with E-state index in [1.807, 2.05) is 0 Å². The molecule has 3 N–H and O–H groups in total. The van der Waals surface area contributed by atoms with Gasteiger partial charge in [0, 0.05) is 6.54 Å². The van der Waals surface area contributed by atoms with Gasteiger partial charge < -0.3 is 10.9 Å². The highest BCUT2D eigenvalue weighted by Gasteiger charge is 2.36. The molecule has 0 aromatic heterocycles. The van der Waals surface area contributed by atoms with E-state index < -0.39 is 16.1 Å². The van der Waals surface area contributed by atoms with Gasteiger partial charge in [0.1, 0.15) is 4.90 Å². The molecule has 20 heavy (non-hydrogen) atoms. The van der Waals surface area contributed by atoms with Crippen LogP contribution in [0.2, 0.25) is 5.02 Å². The second kappa shape index (κ2) is 5.99. The molecule has 0 bridgehead atoms. The van der Waals surface area contributed by atoms with E-state index >= 15 is 0 Å². The number of rotatable bonds is 3. The van der Waals surface area contributed by atoms with E-state index in [1.165, 1.54) is 16.4 Å². The Balaban J connectivity index is 2.44. The first-order valence-corrected chi connectivity index (χ1v) is 8.04. The molecule has 1 saturated heterocycles. The number of oxime groups is 1. The molecule has 1 atom stereocenters. The largest absolute Gasteiger partial charge is 0.409 e. The molecule has 8 heteroatoms. The lowest BCUT2D eigenvalue weighted by Gasteiger charge is -2.33. The van der Waals surface area contributed by atoms with Crippen LogP contribution in [0.4, 0.5) is 0 Å². The molecular formula is C12H16ClN3O3S. The highest BCUT2D eigenvalue weighted by molar-refractivity contribution is 7.89. The minimum atomic E-state index is -3.77. The number of benzene rings is 1. The van der Waals surface area contributed by atoms with Crippen molar-refractivity contribution in [1.82, 2.24) is 4.31 Å². The summed E-state index contributed by atoms with van der Waals surface area (Å²) in [7, 11) is -3.77. The summed E-state index contributed by atoms with van der Waals surface area (Å²) >= 11 is 5.97. The van der Waals surface area contributed by atoms with E-state index in [0.29, 0.717) is 13.0 Å². The number of nitrogens with zero attached hydrogens (tertiary/aromatic N) is 2. The third-order valence-corrected chi connectivity index (χ3v) is 5.74. The van der Waals surface area contributed by atoms with Crippen LogP contribution in [0.25, 0.3) is 0 Å². The van der Waals surface area contributed by atoms with Gasteiger partial charge >= 0.3 is 0 Å². The first-order chi connectivity index (χ1) is 9.48. The van der Waals surface area contributed by atoms with E-state index in [4.69, 9.17) is 22.5 Å². The normalized spacial score (nSPS) is 21.9. The second-order valence-electron chi connectivity index (χ2n) is 4.58. The lowest BCUT2D eigenvalue weighted by Crippen LogP contribution is -2.50. The molecule has 110 valence electrons. The number of nitrogens with two attached hydrogens (primary N) is 1. The second-order valence-corrected chi connectivity index (χ2v) is 6.85. The lowest BCUT2D eigenvalue weighted by atomic mass is 10.0. The zero-order valence-corrected chi connectivity index (χ0v) is 12.3. The number of amidine groups is 1. The maximum Gasteiger partial charge on any atom is 0.245 e. The number of hydrogen-bond donors (Lipinski definition) is 2. The molecule has 1 heterocycles. The summed E-state index contributed by atoms with van der Waals surface area (Å²) in [5.74, 6) is -0.0969. The van der Waals surface area contributed by atoms with Crippen molar-refractivity contribution in [2.24, 2.45) is 10.9 Å². The molecular weight excluding hydrogens is 302 g/mol. The maximum absolute atomic E-state index is 12.7. The van der Waals surface area contributed by atoms with Gasteiger partial charge in [-0.2, -0.15) is 4.31 Å². The Morgan fingerprint density at radius 2 is 2.10 bits per heavy atom. The van der Waals surface area contributed by atoms with E-state index in [0.717, 1.165) is 12.8 Å². The van der Waals surface area contributed by atoms with Gasteiger partial charge in [0.25, 0.3) is 0 Å². The summed E-state index contributed by atoms with van der Waals surface area (Å²) in [5.41, 5.74) is 5.61. The van der Waals surface area contributed by atoms with Crippen molar-refractivity contribution in [2.45, 2.75) is 30.2 Å². The smallest absolute Gasteiger partial charge is 0.245 e. The van der Waals surface area contributed by atoms with Gasteiger partial charge in [-0.15, -0.1) is 0 Å². The van der Waals surface area contributed by atoms with Crippen LogP contribution in [0, 0.1) is 0 Å².